The Kier molecular flexibility index (Phi) is 4.57. The number of hydrogen-bond donors (Lipinski definition) is 0. The van der Waals surface area contributed by atoms with Crippen LogP contribution in [0.5, 0.6) is 0 Å². The Balaban J connectivity index is 4.57. The van der Waals surface area contributed by atoms with Crippen molar-refractivity contribution in [1.82, 2.24) is 0 Å². The highest BCUT2D eigenvalue weighted by Gasteiger charge is 2.27. The summed E-state index contributed by atoms with van der Waals surface area (Å²) < 4.78 is 0. The molecule has 0 aliphatic rings. The highest BCUT2D eigenvalue weighted by Crippen LogP contribution is 2.29. The van der Waals surface area contributed by atoms with Crippen LogP contribution in [0, 0.1) is 5.41 Å². The number of carbonyl (C=O) groups excluding carboxylic acids is 1. The minimum absolute atomic E-state index is 0.207. The van der Waals surface area contributed by atoms with Gasteiger partial charge in [-0.15, -0.1) is 6.58 Å². The lowest BCUT2D eigenvalue weighted by atomic mass is 9.78. The van der Waals surface area contributed by atoms with Gasteiger partial charge in [0.2, 0.25) is 0 Å². The van der Waals surface area contributed by atoms with Crippen LogP contribution < -0.4 is 0 Å². The third-order valence-corrected chi connectivity index (χ3v) is 2.44. The smallest absolute Gasteiger partial charge is 0.140 e. The standard InChI is InChI=1S/C11H18O/c1-5-8-9-11(6-2,7-3)10(4)12/h5-6,8H,2,7,9H2,1,3-4H3. The predicted octanol–water partition coefficient (Wildman–Crippen LogP) is 3.12. The molecule has 0 saturated carbocycles. The second kappa shape index (κ2) is 4.91. The molecule has 68 valence electrons. The maximum absolute atomic E-state index is 11.3. The van der Waals surface area contributed by atoms with E-state index in [1.54, 1.807) is 13.0 Å². The zero-order valence-electron chi connectivity index (χ0n) is 8.26. The Labute approximate surface area is 75.2 Å². The molecule has 12 heavy (non-hydrogen) atoms. The van der Waals surface area contributed by atoms with Crippen LogP contribution in [0.15, 0.2) is 24.8 Å². The molecule has 0 N–H and O–H groups in total. The first kappa shape index (κ1) is 11.2. The van der Waals surface area contributed by atoms with Gasteiger partial charge in [0.15, 0.2) is 0 Å². The molecule has 0 aromatic carbocycles. The quantitative estimate of drug-likeness (QED) is 0.573. The summed E-state index contributed by atoms with van der Waals surface area (Å²) >= 11 is 0. The van der Waals surface area contributed by atoms with Gasteiger partial charge in [-0.05, 0) is 26.7 Å². The summed E-state index contributed by atoms with van der Waals surface area (Å²) in [6.07, 6.45) is 7.37. The van der Waals surface area contributed by atoms with Gasteiger partial charge < -0.3 is 0 Å². The minimum atomic E-state index is -0.327. The largest absolute Gasteiger partial charge is 0.299 e. The Hall–Kier alpha value is -0.850. The molecule has 1 atom stereocenters. The zero-order chi connectivity index (χ0) is 9.61. The molecule has 0 spiro atoms. The number of Topliss-reactive ketones (excluding diaryl/α,β-unsaturated/α-hetero) is 1. The van der Waals surface area contributed by atoms with Crippen molar-refractivity contribution in [3.8, 4) is 0 Å². The van der Waals surface area contributed by atoms with Crippen molar-refractivity contribution in [2.45, 2.75) is 33.6 Å². The first-order valence-electron chi connectivity index (χ1n) is 4.38. The van der Waals surface area contributed by atoms with Crippen molar-refractivity contribution in [3.05, 3.63) is 24.8 Å². The molecule has 1 heteroatoms. The zero-order valence-corrected chi connectivity index (χ0v) is 8.26. The molecule has 1 nitrogen and oxygen atoms in total. The molecule has 0 aromatic heterocycles. The van der Waals surface area contributed by atoms with E-state index in [2.05, 4.69) is 6.58 Å². The van der Waals surface area contributed by atoms with E-state index in [1.807, 2.05) is 26.0 Å². The monoisotopic (exact) mass is 166 g/mol. The summed E-state index contributed by atoms with van der Waals surface area (Å²) in [6, 6.07) is 0. The maximum atomic E-state index is 11.3. The first-order valence-corrected chi connectivity index (χ1v) is 4.38. The van der Waals surface area contributed by atoms with E-state index >= 15 is 0 Å². The van der Waals surface area contributed by atoms with Crippen molar-refractivity contribution in [3.63, 3.8) is 0 Å². The summed E-state index contributed by atoms with van der Waals surface area (Å²) in [7, 11) is 0. The lowest BCUT2D eigenvalue weighted by Gasteiger charge is -2.24. The molecular formula is C11H18O. The van der Waals surface area contributed by atoms with Crippen LogP contribution in [0.2, 0.25) is 0 Å². The van der Waals surface area contributed by atoms with Gasteiger partial charge in [0.05, 0.1) is 0 Å². The average molecular weight is 166 g/mol. The fourth-order valence-corrected chi connectivity index (χ4v) is 1.24. The lowest BCUT2D eigenvalue weighted by Crippen LogP contribution is -2.24. The normalized spacial score (nSPS) is 15.9. The molecule has 0 heterocycles. The number of ketones is 1. The molecule has 0 amide bonds. The number of carbonyl (C=O) groups is 1. The first-order chi connectivity index (χ1) is 5.63. The Morgan fingerprint density at radius 2 is 2.17 bits per heavy atom. The van der Waals surface area contributed by atoms with Crippen molar-refractivity contribution in [1.29, 1.82) is 0 Å². The van der Waals surface area contributed by atoms with Crippen molar-refractivity contribution in [2.75, 3.05) is 0 Å². The molecule has 0 aromatic rings. The van der Waals surface area contributed by atoms with Gasteiger partial charge >= 0.3 is 0 Å². The van der Waals surface area contributed by atoms with Gasteiger partial charge in [0.25, 0.3) is 0 Å². The molecule has 0 saturated heterocycles. The van der Waals surface area contributed by atoms with E-state index in [1.165, 1.54) is 0 Å². The van der Waals surface area contributed by atoms with E-state index in [0.717, 1.165) is 12.8 Å². The molecule has 1 unspecified atom stereocenters. The van der Waals surface area contributed by atoms with Gasteiger partial charge in [0.1, 0.15) is 5.78 Å². The molecule has 0 bridgehead atoms. The fourth-order valence-electron chi connectivity index (χ4n) is 1.24. The maximum Gasteiger partial charge on any atom is 0.140 e. The van der Waals surface area contributed by atoms with Gasteiger partial charge in [-0.3, -0.25) is 4.79 Å². The van der Waals surface area contributed by atoms with Crippen molar-refractivity contribution < 1.29 is 4.79 Å². The van der Waals surface area contributed by atoms with Crippen LogP contribution >= 0.6 is 0 Å². The molecular weight excluding hydrogens is 148 g/mol. The van der Waals surface area contributed by atoms with Crippen molar-refractivity contribution >= 4 is 5.78 Å². The van der Waals surface area contributed by atoms with Crippen molar-refractivity contribution in [2.24, 2.45) is 5.41 Å². The summed E-state index contributed by atoms with van der Waals surface area (Å²) in [6.45, 7) is 9.34. The van der Waals surface area contributed by atoms with Gasteiger partial charge in [0, 0.05) is 5.41 Å². The minimum Gasteiger partial charge on any atom is -0.299 e. The van der Waals surface area contributed by atoms with Crippen LogP contribution in [0.3, 0.4) is 0 Å². The fraction of sp³-hybridized carbons (Fsp3) is 0.545. The second-order valence-corrected chi connectivity index (χ2v) is 3.04. The van der Waals surface area contributed by atoms with Crippen LogP contribution in [0.25, 0.3) is 0 Å². The van der Waals surface area contributed by atoms with Crippen LogP contribution in [0.4, 0.5) is 0 Å². The molecule has 0 radical (unpaired) electrons. The van der Waals surface area contributed by atoms with Gasteiger partial charge in [-0.2, -0.15) is 0 Å². The highest BCUT2D eigenvalue weighted by molar-refractivity contribution is 5.84. The average Bonchev–Trinajstić information content (AvgIpc) is 2.07. The summed E-state index contributed by atoms with van der Waals surface area (Å²) in [5.74, 6) is 0.207. The number of hydrogen-bond acceptors (Lipinski definition) is 1. The van der Waals surface area contributed by atoms with Gasteiger partial charge in [-0.25, -0.2) is 0 Å². The molecule has 0 fully saturated rings. The highest BCUT2D eigenvalue weighted by atomic mass is 16.1. The number of rotatable bonds is 5. The van der Waals surface area contributed by atoms with E-state index in [9.17, 15) is 4.79 Å². The SMILES string of the molecule is C=CC(CC)(CC=CC)C(C)=O. The van der Waals surface area contributed by atoms with E-state index in [-0.39, 0.29) is 11.2 Å². The predicted molar refractivity (Wildman–Crippen MR) is 53.0 cm³/mol. The van der Waals surface area contributed by atoms with E-state index in [0.29, 0.717) is 0 Å². The summed E-state index contributed by atoms with van der Waals surface area (Å²) in [5, 5.41) is 0. The number of allylic oxidation sites excluding steroid dienone is 3. The lowest BCUT2D eigenvalue weighted by molar-refractivity contribution is -0.124. The van der Waals surface area contributed by atoms with Crippen LogP contribution in [-0.4, -0.2) is 5.78 Å². The van der Waals surface area contributed by atoms with E-state index < -0.39 is 0 Å². The molecule has 0 rings (SSSR count). The Morgan fingerprint density at radius 3 is 2.42 bits per heavy atom. The van der Waals surface area contributed by atoms with Gasteiger partial charge in [-0.1, -0.05) is 25.2 Å². The summed E-state index contributed by atoms with van der Waals surface area (Å²) in [5.41, 5.74) is -0.327. The Bertz CT molecular complexity index is 191. The third-order valence-electron chi connectivity index (χ3n) is 2.44. The topological polar surface area (TPSA) is 17.1 Å². The van der Waals surface area contributed by atoms with Crippen LogP contribution in [0.1, 0.15) is 33.6 Å². The van der Waals surface area contributed by atoms with E-state index in [4.69, 9.17) is 0 Å². The molecule has 0 aliphatic heterocycles. The van der Waals surface area contributed by atoms with Crippen LogP contribution in [-0.2, 0) is 4.79 Å². The molecule has 0 aliphatic carbocycles. The second-order valence-electron chi connectivity index (χ2n) is 3.04. The Morgan fingerprint density at radius 1 is 1.58 bits per heavy atom. The third kappa shape index (κ3) is 2.33. The summed E-state index contributed by atoms with van der Waals surface area (Å²) in [4.78, 5) is 11.3.